The third-order valence-corrected chi connectivity index (χ3v) is 4.55. The first-order chi connectivity index (χ1) is 10.5. The Hall–Kier alpha value is -1.42. The van der Waals surface area contributed by atoms with Gasteiger partial charge in [0.05, 0.1) is 7.11 Å². The second kappa shape index (κ2) is 7.73. The molecule has 0 aliphatic carbocycles. The summed E-state index contributed by atoms with van der Waals surface area (Å²) in [6, 6.07) is 6.64. The molecule has 1 heterocycles. The van der Waals surface area contributed by atoms with Gasteiger partial charge in [-0.25, -0.2) is 4.39 Å². The van der Waals surface area contributed by atoms with Gasteiger partial charge in [0.25, 0.3) is 0 Å². The van der Waals surface area contributed by atoms with Crippen LogP contribution in [0.25, 0.3) is 0 Å². The fraction of sp³-hybridized carbons (Fsp3) is 0.611. The molecule has 3 nitrogen and oxygen atoms in total. The SMILES string of the molecule is COC(=O)C(C(C)C)N1CCC(Cc2ccc(F)cc2)CC1. The predicted octanol–water partition coefficient (Wildman–Crippen LogP) is 3.28. The summed E-state index contributed by atoms with van der Waals surface area (Å²) in [5.41, 5.74) is 1.19. The normalized spacial score (nSPS) is 18.4. The lowest BCUT2D eigenvalue weighted by Crippen LogP contribution is -2.49. The fourth-order valence-electron chi connectivity index (χ4n) is 3.35. The predicted molar refractivity (Wildman–Crippen MR) is 85.0 cm³/mol. The summed E-state index contributed by atoms with van der Waals surface area (Å²) in [5.74, 6) is 0.539. The lowest BCUT2D eigenvalue weighted by Gasteiger charge is -2.37. The summed E-state index contributed by atoms with van der Waals surface area (Å²) >= 11 is 0. The van der Waals surface area contributed by atoms with Crippen LogP contribution >= 0.6 is 0 Å². The van der Waals surface area contributed by atoms with Gasteiger partial charge in [-0.3, -0.25) is 9.69 Å². The smallest absolute Gasteiger partial charge is 0.323 e. The van der Waals surface area contributed by atoms with Crippen LogP contribution in [0.1, 0.15) is 32.3 Å². The largest absolute Gasteiger partial charge is 0.468 e. The minimum Gasteiger partial charge on any atom is -0.468 e. The Bertz CT molecular complexity index is 478. The van der Waals surface area contributed by atoms with E-state index in [4.69, 9.17) is 4.74 Å². The highest BCUT2D eigenvalue weighted by Gasteiger charge is 2.32. The maximum absolute atomic E-state index is 12.9. The van der Waals surface area contributed by atoms with Crippen LogP contribution in [0.2, 0.25) is 0 Å². The number of piperidine rings is 1. The van der Waals surface area contributed by atoms with Gasteiger partial charge in [0, 0.05) is 0 Å². The van der Waals surface area contributed by atoms with Crippen LogP contribution in [0, 0.1) is 17.7 Å². The third kappa shape index (κ3) is 4.29. The number of halogens is 1. The topological polar surface area (TPSA) is 29.5 Å². The number of carbonyl (C=O) groups is 1. The van der Waals surface area contributed by atoms with Crippen molar-refractivity contribution < 1.29 is 13.9 Å². The summed E-state index contributed by atoms with van der Waals surface area (Å²) in [4.78, 5) is 14.2. The molecular formula is C18H26FNO2. The quantitative estimate of drug-likeness (QED) is 0.782. The number of hydrogen-bond donors (Lipinski definition) is 0. The van der Waals surface area contributed by atoms with Crippen LogP contribution in [-0.2, 0) is 16.0 Å². The van der Waals surface area contributed by atoms with Gasteiger partial charge in [-0.15, -0.1) is 0 Å². The average Bonchev–Trinajstić information content (AvgIpc) is 2.51. The molecule has 4 heteroatoms. The third-order valence-electron chi connectivity index (χ3n) is 4.55. The molecule has 122 valence electrons. The van der Waals surface area contributed by atoms with Gasteiger partial charge in [-0.2, -0.15) is 0 Å². The fourth-order valence-corrected chi connectivity index (χ4v) is 3.35. The average molecular weight is 307 g/mol. The van der Waals surface area contributed by atoms with Crippen molar-refractivity contribution >= 4 is 5.97 Å². The standard InChI is InChI=1S/C18H26FNO2/c1-13(2)17(18(21)22-3)20-10-8-15(9-11-20)12-14-4-6-16(19)7-5-14/h4-7,13,15,17H,8-12H2,1-3H3. The zero-order valence-corrected chi connectivity index (χ0v) is 13.7. The van der Waals surface area contributed by atoms with Gasteiger partial charge in [-0.05, 0) is 61.9 Å². The summed E-state index contributed by atoms with van der Waals surface area (Å²) in [6.07, 6.45) is 3.12. The Labute approximate surface area is 132 Å². The van der Waals surface area contributed by atoms with Crippen LogP contribution in [-0.4, -0.2) is 37.1 Å². The molecule has 2 rings (SSSR count). The molecule has 0 bridgehead atoms. The van der Waals surface area contributed by atoms with Gasteiger partial charge in [-0.1, -0.05) is 26.0 Å². The van der Waals surface area contributed by atoms with Crippen LogP contribution in [0.15, 0.2) is 24.3 Å². The molecule has 1 saturated heterocycles. The van der Waals surface area contributed by atoms with Gasteiger partial charge in [0.1, 0.15) is 11.9 Å². The monoisotopic (exact) mass is 307 g/mol. The van der Waals surface area contributed by atoms with Crippen LogP contribution in [0.3, 0.4) is 0 Å². The second-order valence-corrected chi connectivity index (χ2v) is 6.52. The van der Waals surface area contributed by atoms with Crippen molar-refractivity contribution in [1.29, 1.82) is 0 Å². The minimum atomic E-state index is -0.184. The Morgan fingerprint density at radius 1 is 1.27 bits per heavy atom. The maximum Gasteiger partial charge on any atom is 0.323 e. The zero-order valence-electron chi connectivity index (χ0n) is 13.7. The molecule has 1 aliphatic heterocycles. The molecule has 0 N–H and O–H groups in total. The van der Waals surface area contributed by atoms with Crippen LogP contribution in [0.4, 0.5) is 4.39 Å². The first kappa shape index (κ1) is 16.9. The number of hydrogen-bond acceptors (Lipinski definition) is 3. The highest BCUT2D eigenvalue weighted by atomic mass is 19.1. The van der Waals surface area contributed by atoms with Crippen molar-refractivity contribution in [2.45, 2.75) is 39.2 Å². The molecule has 1 fully saturated rings. The number of nitrogens with zero attached hydrogens (tertiary/aromatic N) is 1. The number of ether oxygens (including phenoxy) is 1. The number of rotatable bonds is 5. The molecule has 0 radical (unpaired) electrons. The maximum atomic E-state index is 12.9. The van der Waals surface area contributed by atoms with E-state index in [9.17, 15) is 9.18 Å². The molecule has 1 unspecified atom stereocenters. The molecule has 1 atom stereocenters. The molecule has 0 spiro atoms. The molecule has 1 aliphatic rings. The van der Waals surface area contributed by atoms with Gasteiger partial charge >= 0.3 is 5.97 Å². The summed E-state index contributed by atoms with van der Waals surface area (Å²) < 4.78 is 17.9. The molecule has 1 aromatic carbocycles. The molecule has 0 saturated carbocycles. The van der Waals surface area contributed by atoms with E-state index in [1.807, 2.05) is 12.1 Å². The Kier molecular flexibility index (Phi) is 5.95. The highest BCUT2D eigenvalue weighted by Crippen LogP contribution is 2.25. The first-order valence-corrected chi connectivity index (χ1v) is 8.07. The van der Waals surface area contributed by atoms with Crippen molar-refractivity contribution in [3.05, 3.63) is 35.6 Å². The zero-order chi connectivity index (χ0) is 16.1. The van der Waals surface area contributed by atoms with Gasteiger partial charge < -0.3 is 4.74 Å². The summed E-state index contributed by atoms with van der Waals surface area (Å²) in [7, 11) is 1.46. The van der Waals surface area contributed by atoms with Gasteiger partial charge in [0.2, 0.25) is 0 Å². The summed E-state index contributed by atoms with van der Waals surface area (Å²) in [5, 5.41) is 0. The van der Waals surface area contributed by atoms with E-state index < -0.39 is 0 Å². The van der Waals surface area contributed by atoms with E-state index in [1.54, 1.807) is 0 Å². The number of carbonyl (C=O) groups excluding carboxylic acids is 1. The van der Waals surface area contributed by atoms with Crippen molar-refractivity contribution in [3.63, 3.8) is 0 Å². The van der Waals surface area contributed by atoms with E-state index in [1.165, 1.54) is 24.8 Å². The Morgan fingerprint density at radius 2 is 1.86 bits per heavy atom. The van der Waals surface area contributed by atoms with E-state index in [0.717, 1.165) is 32.4 Å². The van der Waals surface area contributed by atoms with Crippen molar-refractivity contribution in [2.75, 3.05) is 20.2 Å². The Balaban J connectivity index is 1.89. The Morgan fingerprint density at radius 3 is 2.36 bits per heavy atom. The summed E-state index contributed by atoms with van der Waals surface area (Å²) in [6.45, 7) is 5.96. The lowest BCUT2D eigenvalue weighted by atomic mass is 9.88. The van der Waals surface area contributed by atoms with E-state index in [0.29, 0.717) is 5.92 Å². The number of esters is 1. The molecule has 0 amide bonds. The van der Waals surface area contributed by atoms with E-state index >= 15 is 0 Å². The van der Waals surface area contributed by atoms with E-state index in [-0.39, 0.29) is 23.7 Å². The molecular weight excluding hydrogens is 281 g/mol. The van der Waals surface area contributed by atoms with Gasteiger partial charge in [0.15, 0.2) is 0 Å². The van der Waals surface area contributed by atoms with Crippen LogP contribution in [0.5, 0.6) is 0 Å². The number of methoxy groups -OCH3 is 1. The lowest BCUT2D eigenvalue weighted by molar-refractivity contribution is -0.149. The highest BCUT2D eigenvalue weighted by molar-refractivity contribution is 5.76. The van der Waals surface area contributed by atoms with Crippen molar-refractivity contribution in [3.8, 4) is 0 Å². The molecule has 1 aromatic rings. The van der Waals surface area contributed by atoms with Crippen LogP contribution < -0.4 is 0 Å². The number of benzene rings is 1. The minimum absolute atomic E-state index is 0.132. The first-order valence-electron chi connectivity index (χ1n) is 8.07. The number of likely N-dealkylation sites (tertiary alicyclic amines) is 1. The van der Waals surface area contributed by atoms with Crippen molar-refractivity contribution in [2.24, 2.45) is 11.8 Å². The van der Waals surface area contributed by atoms with E-state index in [2.05, 4.69) is 18.7 Å². The molecule has 22 heavy (non-hydrogen) atoms. The van der Waals surface area contributed by atoms with Crippen molar-refractivity contribution in [1.82, 2.24) is 4.90 Å². The molecule has 0 aromatic heterocycles. The second-order valence-electron chi connectivity index (χ2n) is 6.52.